The standard InChI is InChI=1S/C33H40N4O2/c1-6-23(7-2)39-29-18-25-26(19-28(29)37-15-13-36(14-16-37)22-9-8-10-22)33(3,4)32-30(31(25)38)24-12-11-21(20-34)17-27(24)35(32)5/h11-12,17-19,22-23H,6-10,13-16H2,1-5H3. The summed E-state index contributed by atoms with van der Waals surface area (Å²) in [6.07, 6.45) is 6.00. The Hall–Kier alpha value is -3.30. The van der Waals surface area contributed by atoms with Crippen LogP contribution >= 0.6 is 0 Å². The number of benzene rings is 2. The van der Waals surface area contributed by atoms with Crippen molar-refractivity contribution >= 4 is 22.4 Å². The van der Waals surface area contributed by atoms with Crippen LogP contribution in [0.25, 0.3) is 10.9 Å². The molecule has 6 rings (SSSR count). The van der Waals surface area contributed by atoms with Crippen molar-refractivity contribution < 1.29 is 9.53 Å². The number of hydrogen-bond acceptors (Lipinski definition) is 5. The van der Waals surface area contributed by atoms with Crippen molar-refractivity contribution in [2.24, 2.45) is 7.05 Å². The van der Waals surface area contributed by atoms with E-state index in [1.165, 1.54) is 19.3 Å². The lowest BCUT2D eigenvalue weighted by Crippen LogP contribution is -2.52. The van der Waals surface area contributed by atoms with Crippen LogP contribution in [-0.4, -0.2) is 53.6 Å². The van der Waals surface area contributed by atoms with E-state index in [1.807, 2.05) is 31.3 Å². The van der Waals surface area contributed by atoms with Crippen molar-refractivity contribution in [3.05, 3.63) is 58.3 Å². The maximum atomic E-state index is 14.2. The van der Waals surface area contributed by atoms with Crippen molar-refractivity contribution in [2.75, 3.05) is 31.1 Å². The predicted molar refractivity (Wildman–Crippen MR) is 156 cm³/mol. The summed E-state index contributed by atoms with van der Waals surface area (Å²) < 4.78 is 8.77. The van der Waals surface area contributed by atoms with E-state index in [2.05, 4.69) is 54.2 Å². The number of carbonyl (C=O) groups is 1. The number of hydrogen-bond donors (Lipinski definition) is 0. The minimum absolute atomic E-state index is 0.0467. The number of rotatable bonds is 6. The van der Waals surface area contributed by atoms with E-state index < -0.39 is 5.41 Å². The number of nitrogens with zero attached hydrogens (tertiary/aromatic N) is 4. The molecule has 3 aromatic rings. The van der Waals surface area contributed by atoms with E-state index >= 15 is 0 Å². The first-order chi connectivity index (χ1) is 18.8. The number of fused-ring (bicyclic) bond motifs is 4. The van der Waals surface area contributed by atoms with Gasteiger partial charge in [0.2, 0.25) is 0 Å². The Bertz CT molecular complexity index is 1480. The Balaban J connectivity index is 1.47. The fourth-order valence-corrected chi connectivity index (χ4v) is 7.06. The van der Waals surface area contributed by atoms with Crippen molar-refractivity contribution in [3.63, 3.8) is 0 Å². The topological polar surface area (TPSA) is 61.5 Å². The maximum Gasteiger partial charge on any atom is 0.195 e. The van der Waals surface area contributed by atoms with Crippen LogP contribution < -0.4 is 9.64 Å². The van der Waals surface area contributed by atoms with Crippen LogP contribution in [0.3, 0.4) is 0 Å². The van der Waals surface area contributed by atoms with Gasteiger partial charge in [-0.1, -0.05) is 40.2 Å². The number of aryl methyl sites for hydroxylation is 1. The Kier molecular flexibility index (Phi) is 6.46. The second kappa shape index (κ2) is 9.71. The maximum absolute atomic E-state index is 14.2. The molecule has 1 aromatic heterocycles. The van der Waals surface area contributed by atoms with Gasteiger partial charge in [-0.05, 0) is 55.5 Å². The Morgan fingerprint density at radius 3 is 2.41 bits per heavy atom. The second-order valence-electron chi connectivity index (χ2n) is 12.1. The van der Waals surface area contributed by atoms with Crippen LogP contribution in [0.5, 0.6) is 5.75 Å². The lowest BCUT2D eigenvalue weighted by Gasteiger charge is -2.44. The van der Waals surface area contributed by atoms with Gasteiger partial charge in [-0.3, -0.25) is 9.69 Å². The van der Waals surface area contributed by atoms with Gasteiger partial charge < -0.3 is 14.2 Å². The molecule has 1 saturated carbocycles. The smallest absolute Gasteiger partial charge is 0.195 e. The molecule has 1 saturated heterocycles. The monoisotopic (exact) mass is 524 g/mol. The average molecular weight is 525 g/mol. The van der Waals surface area contributed by atoms with Gasteiger partial charge in [0.25, 0.3) is 0 Å². The van der Waals surface area contributed by atoms with Crippen molar-refractivity contribution in [3.8, 4) is 11.8 Å². The fraction of sp³-hybridized carbons (Fsp3) is 0.515. The van der Waals surface area contributed by atoms with Crippen LogP contribution in [0.4, 0.5) is 5.69 Å². The van der Waals surface area contributed by atoms with E-state index in [-0.39, 0.29) is 11.9 Å². The zero-order valence-corrected chi connectivity index (χ0v) is 24.0. The first kappa shape index (κ1) is 26.0. The number of ether oxygens (including phenoxy) is 1. The van der Waals surface area contributed by atoms with Gasteiger partial charge in [-0.25, -0.2) is 0 Å². The SMILES string of the molecule is CCC(CC)Oc1cc2c(cc1N1CCN(C3CCC3)CC1)C(C)(C)c1c(c3ccc(C#N)cc3n1C)C2=O. The summed E-state index contributed by atoms with van der Waals surface area (Å²) in [5.41, 5.74) is 5.81. The Morgan fingerprint density at radius 1 is 1.08 bits per heavy atom. The summed E-state index contributed by atoms with van der Waals surface area (Å²) in [6.45, 7) is 12.9. The summed E-state index contributed by atoms with van der Waals surface area (Å²) in [7, 11) is 2.02. The summed E-state index contributed by atoms with van der Waals surface area (Å²) in [5, 5.41) is 10.4. The summed E-state index contributed by atoms with van der Waals surface area (Å²) in [5.74, 6) is 0.879. The van der Waals surface area contributed by atoms with Crippen molar-refractivity contribution in [1.29, 1.82) is 5.26 Å². The molecule has 3 aliphatic rings. The minimum atomic E-state index is -0.394. The van der Waals surface area contributed by atoms with E-state index in [0.717, 1.165) is 89.8 Å². The third kappa shape index (κ3) is 4.05. The number of anilines is 1. The van der Waals surface area contributed by atoms with Crippen LogP contribution in [0.15, 0.2) is 30.3 Å². The first-order valence-electron chi connectivity index (χ1n) is 14.7. The molecule has 2 aromatic carbocycles. The fourth-order valence-electron chi connectivity index (χ4n) is 7.06. The molecule has 0 bridgehead atoms. The lowest BCUT2D eigenvalue weighted by molar-refractivity contribution is 0.103. The molecule has 204 valence electrons. The molecule has 0 amide bonds. The highest BCUT2D eigenvalue weighted by Crippen LogP contribution is 2.48. The summed E-state index contributed by atoms with van der Waals surface area (Å²) in [4.78, 5) is 19.4. The third-order valence-electron chi connectivity index (χ3n) is 9.62. The van der Waals surface area contributed by atoms with E-state index in [4.69, 9.17) is 4.74 Å². The molecule has 0 spiro atoms. The van der Waals surface area contributed by atoms with Crippen LogP contribution in [0.2, 0.25) is 0 Å². The van der Waals surface area contributed by atoms with Crippen LogP contribution in [0.1, 0.15) is 92.5 Å². The molecule has 6 heteroatoms. The van der Waals surface area contributed by atoms with Gasteiger partial charge >= 0.3 is 0 Å². The predicted octanol–water partition coefficient (Wildman–Crippen LogP) is 6.16. The minimum Gasteiger partial charge on any atom is -0.488 e. The third-order valence-corrected chi connectivity index (χ3v) is 9.62. The van der Waals surface area contributed by atoms with Crippen molar-refractivity contribution in [1.82, 2.24) is 9.47 Å². The number of piperazine rings is 1. The van der Waals surface area contributed by atoms with Crippen LogP contribution in [0, 0.1) is 11.3 Å². The number of nitriles is 1. The van der Waals surface area contributed by atoms with E-state index in [1.54, 1.807) is 0 Å². The van der Waals surface area contributed by atoms with Gasteiger partial charge in [-0.2, -0.15) is 5.26 Å². The second-order valence-corrected chi connectivity index (χ2v) is 12.1. The molecule has 2 aliphatic carbocycles. The molecule has 0 unspecified atom stereocenters. The molecule has 39 heavy (non-hydrogen) atoms. The molecule has 0 atom stereocenters. The molecule has 2 fully saturated rings. The highest BCUT2D eigenvalue weighted by molar-refractivity contribution is 6.20. The first-order valence-corrected chi connectivity index (χ1v) is 14.7. The van der Waals surface area contributed by atoms with Gasteiger partial charge in [0, 0.05) is 61.3 Å². The number of carbonyl (C=O) groups excluding carboxylic acids is 1. The summed E-state index contributed by atoms with van der Waals surface area (Å²) >= 11 is 0. The molecule has 0 N–H and O–H groups in total. The zero-order valence-electron chi connectivity index (χ0n) is 24.0. The van der Waals surface area contributed by atoms with Gasteiger partial charge in [0.05, 0.1) is 34.5 Å². The van der Waals surface area contributed by atoms with Crippen molar-refractivity contribution in [2.45, 2.75) is 77.4 Å². The number of aromatic nitrogens is 1. The van der Waals surface area contributed by atoms with Gasteiger partial charge in [0.15, 0.2) is 5.78 Å². The van der Waals surface area contributed by atoms with Crippen LogP contribution in [-0.2, 0) is 12.5 Å². The Labute approximate surface area is 232 Å². The molecule has 2 heterocycles. The van der Waals surface area contributed by atoms with E-state index in [9.17, 15) is 10.1 Å². The average Bonchev–Trinajstić information content (AvgIpc) is 3.22. The normalized spacial score (nSPS) is 19.1. The molecular weight excluding hydrogens is 484 g/mol. The van der Waals surface area contributed by atoms with E-state index in [0.29, 0.717) is 5.56 Å². The number of ketones is 1. The molecular formula is C33H40N4O2. The Morgan fingerprint density at radius 2 is 1.79 bits per heavy atom. The highest BCUT2D eigenvalue weighted by Gasteiger charge is 2.42. The lowest BCUT2D eigenvalue weighted by atomic mass is 9.71. The largest absolute Gasteiger partial charge is 0.488 e. The zero-order chi connectivity index (χ0) is 27.5. The molecule has 6 nitrogen and oxygen atoms in total. The summed E-state index contributed by atoms with van der Waals surface area (Å²) in [6, 6.07) is 13.0. The van der Waals surface area contributed by atoms with Gasteiger partial charge in [0.1, 0.15) is 5.75 Å². The molecule has 0 radical (unpaired) electrons. The highest BCUT2D eigenvalue weighted by atomic mass is 16.5. The quantitative estimate of drug-likeness (QED) is 0.386. The molecule has 1 aliphatic heterocycles. The van der Waals surface area contributed by atoms with Gasteiger partial charge in [-0.15, -0.1) is 0 Å².